The molecule has 0 saturated carbocycles. The maximum absolute atomic E-state index is 12.9. The molecule has 0 radical (unpaired) electrons. The number of carbonyl (C=O) groups is 1. The average Bonchev–Trinajstić information content (AvgIpc) is 3.38. The zero-order valence-electron chi connectivity index (χ0n) is 23.7. The highest BCUT2D eigenvalue weighted by molar-refractivity contribution is 6.25. The number of benzene rings is 2. The summed E-state index contributed by atoms with van der Waals surface area (Å²) in [6, 6.07) is 12.3. The first kappa shape index (κ1) is 27.6. The molecule has 2 aromatic carbocycles. The van der Waals surface area contributed by atoms with Crippen LogP contribution in [0.2, 0.25) is 0 Å². The molecular weight excluding hydrogens is 496 g/mol. The van der Waals surface area contributed by atoms with Crippen molar-refractivity contribution < 1.29 is 14.3 Å². The number of ketones is 1. The van der Waals surface area contributed by atoms with Gasteiger partial charge >= 0.3 is 0 Å². The molecule has 3 aliphatic rings. The molecule has 1 saturated heterocycles. The van der Waals surface area contributed by atoms with Gasteiger partial charge in [0.1, 0.15) is 5.75 Å². The van der Waals surface area contributed by atoms with Crippen LogP contribution in [0.4, 0.5) is 5.69 Å². The van der Waals surface area contributed by atoms with Crippen LogP contribution in [0.5, 0.6) is 5.75 Å². The first-order valence-corrected chi connectivity index (χ1v) is 14.3. The summed E-state index contributed by atoms with van der Waals surface area (Å²) in [7, 11) is 1.71. The third-order valence-electron chi connectivity index (χ3n) is 7.72. The summed E-state index contributed by atoms with van der Waals surface area (Å²) in [5, 5.41) is 3.59. The van der Waals surface area contributed by atoms with E-state index in [2.05, 4.69) is 48.7 Å². The molecule has 0 spiro atoms. The van der Waals surface area contributed by atoms with Crippen LogP contribution in [0.3, 0.4) is 0 Å². The Morgan fingerprint density at radius 3 is 2.88 bits per heavy atom. The molecule has 1 atom stereocenters. The molecule has 1 fully saturated rings. The van der Waals surface area contributed by atoms with Crippen LogP contribution in [0.1, 0.15) is 59.7 Å². The van der Waals surface area contributed by atoms with Crippen LogP contribution in [0.25, 0.3) is 5.57 Å². The van der Waals surface area contributed by atoms with Crippen molar-refractivity contribution in [3.8, 4) is 5.75 Å². The summed E-state index contributed by atoms with van der Waals surface area (Å²) in [4.78, 5) is 17.8. The average molecular weight is 535 g/mol. The van der Waals surface area contributed by atoms with Gasteiger partial charge in [0.05, 0.1) is 18.5 Å². The van der Waals surface area contributed by atoms with Gasteiger partial charge in [-0.3, -0.25) is 9.79 Å². The van der Waals surface area contributed by atoms with Crippen molar-refractivity contribution in [3.63, 3.8) is 0 Å². The van der Waals surface area contributed by atoms with E-state index in [-0.39, 0.29) is 5.78 Å². The zero-order valence-corrected chi connectivity index (χ0v) is 23.7. The first-order chi connectivity index (χ1) is 19.6. The van der Waals surface area contributed by atoms with Gasteiger partial charge in [0.2, 0.25) is 0 Å². The summed E-state index contributed by atoms with van der Waals surface area (Å²) in [5.41, 5.74) is 8.95. The SMILES string of the molecule is CCc1cc(C2=CN=C3/C(Nc4ccc(C(=O)/C=C/CC5CCCOC5)c(C)c4)=C/C/C=C\C=C\23)ccc1OC. The van der Waals surface area contributed by atoms with Crippen LogP contribution >= 0.6 is 0 Å². The molecule has 5 heteroatoms. The van der Waals surface area contributed by atoms with E-state index in [1.54, 1.807) is 13.2 Å². The Morgan fingerprint density at radius 1 is 1.20 bits per heavy atom. The van der Waals surface area contributed by atoms with Crippen LogP contribution in [-0.2, 0) is 11.2 Å². The Labute approximate surface area is 237 Å². The molecule has 1 aliphatic carbocycles. The van der Waals surface area contributed by atoms with Crippen LogP contribution in [-0.4, -0.2) is 31.8 Å². The molecule has 2 heterocycles. The highest BCUT2D eigenvalue weighted by atomic mass is 16.5. The van der Waals surface area contributed by atoms with E-state index in [0.29, 0.717) is 5.92 Å². The highest BCUT2D eigenvalue weighted by Gasteiger charge is 2.23. The highest BCUT2D eigenvalue weighted by Crippen LogP contribution is 2.35. The fourth-order valence-electron chi connectivity index (χ4n) is 5.49. The maximum atomic E-state index is 12.9. The lowest BCUT2D eigenvalue weighted by atomic mass is 9.92. The third kappa shape index (κ3) is 6.26. The number of nitrogens with one attached hydrogen (secondary N) is 1. The molecule has 40 heavy (non-hydrogen) atoms. The van der Waals surface area contributed by atoms with Crippen molar-refractivity contribution in [2.75, 3.05) is 25.6 Å². The Balaban J connectivity index is 1.30. The molecule has 5 rings (SSSR count). The van der Waals surface area contributed by atoms with E-state index in [4.69, 9.17) is 14.5 Å². The topological polar surface area (TPSA) is 59.9 Å². The van der Waals surface area contributed by atoms with Gasteiger partial charge in [-0.2, -0.15) is 0 Å². The van der Waals surface area contributed by atoms with Crippen molar-refractivity contribution in [3.05, 3.63) is 113 Å². The van der Waals surface area contributed by atoms with E-state index >= 15 is 0 Å². The van der Waals surface area contributed by atoms with E-state index < -0.39 is 0 Å². The second-order valence-electron chi connectivity index (χ2n) is 10.5. The van der Waals surface area contributed by atoms with Gasteiger partial charge in [0.25, 0.3) is 0 Å². The summed E-state index contributed by atoms with van der Waals surface area (Å²) >= 11 is 0. The molecule has 1 unspecified atom stereocenters. The molecule has 1 N–H and O–H groups in total. The number of hydrogen-bond acceptors (Lipinski definition) is 5. The van der Waals surface area contributed by atoms with E-state index in [1.165, 1.54) is 12.0 Å². The van der Waals surface area contributed by atoms with Gasteiger partial charge in [0, 0.05) is 41.8 Å². The van der Waals surface area contributed by atoms with Crippen LogP contribution in [0, 0.1) is 12.8 Å². The van der Waals surface area contributed by atoms with Crippen molar-refractivity contribution in [1.82, 2.24) is 0 Å². The standard InChI is InChI=1S/C35H38N2O3/c1-4-26-21-27(15-18-34(26)39-3)31-22-36-35-30(31)12-6-5-7-13-32(35)37-28-16-17-29(24(2)20-28)33(38)14-8-10-25-11-9-19-40-23-25/h5-6,8,12-18,20-22,25,37H,4,7,9-11,19,23H2,1-3H3/b6-5-,14-8+,30-12-,32-13-. The van der Waals surface area contributed by atoms with Crippen molar-refractivity contribution in [2.24, 2.45) is 10.9 Å². The second kappa shape index (κ2) is 12.9. The van der Waals surface area contributed by atoms with E-state index in [9.17, 15) is 4.79 Å². The smallest absolute Gasteiger partial charge is 0.185 e. The van der Waals surface area contributed by atoms with Gasteiger partial charge < -0.3 is 14.8 Å². The van der Waals surface area contributed by atoms with Crippen LogP contribution < -0.4 is 10.1 Å². The summed E-state index contributed by atoms with van der Waals surface area (Å²) in [6.45, 7) is 5.78. The first-order valence-electron chi connectivity index (χ1n) is 14.3. The van der Waals surface area contributed by atoms with Gasteiger partial charge in [-0.15, -0.1) is 0 Å². The monoisotopic (exact) mass is 534 g/mol. The number of nitrogens with zero attached hydrogens (tertiary/aromatic N) is 1. The zero-order chi connectivity index (χ0) is 27.9. The lowest BCUT2D eigenvalue weighted by molar-refractivity contribution is 0.0559. The number of anilines is 1. The number of fused-ring (bicyclic) bond motifs is 1. The minimum absolute atomic E-state index is 0.0428. The van der Waals surface area contributed by atoms with E-state index in [1.807, 2.05) is 43.5 Å². The van der Waals surface area contributed by atoms with Gasteiger partial charge in [-0.1, -0.05) is 43.4 Å². The number of aliphatic imine (C=N–C) groups is 1. The molecule has 206 valence electrons. The Kier molecular flexibility index (Phi) is 8.92. The molecule has 0 aromatic heterocycles. The Hall–Kier alpha value is -3.96. The quantitative estimate of drug-likeness (QED) is 0.263. The Bertz CT molecular complexity index is 1450. The fourth-order valence-corrected chi connectivity index (χ4v) is 5.49. The normalized spacial score (nSPS) is 22.1. The molecule has 5 nitrogen and oxygen atoms in total. The molecule has 0 bridgehead atoms. The number of methoxy groups -OCH3 is 1. The lowest BCUT2D eigenvalue weighted by Gasteiger charge is -2.20. The van der Waals surface area contributed by atoms with Gasteiger partial charge in [-0.05, 0) is 98.0 Å². The van der Waals surface area contributed by atoms with Crippen molar-refractivity contribution in [1.29, 1.82) is 0 Å². The Morgan fingerprint density at radius 2 is 2.10 bits per heavy atom. The number of ether oxygens (including phenoxy) is 2. The predicted molar refractivity (Wildman–Crippen MR) is 164 cm³/mol. The van der Waals surface area contributed by atoms with E-state index in [0.717, 1.165) is 89.6 Å². The van der Waals surface area contributed by atoms with Gasteiger partial charge in [-0.25, -0.2) is 0 Å². The number of allylic oxidation sites excluding steroid dienone is 8. The largest absolute Gasteiger partial charge is 0.496 e. The molecular formula is C35H38N2O3. The number of carbonyl (C=O) groups excluding carboxylic acids is 1. The lowest BCUT2D eigenvalue weighted by Crippen LogP contribution is -2.16. The van der Waals surface area contributed by atoms with Crippen molar-refractivity contribution in [2.45, 2.75) is 46.0 Å². The minimum Gasteiger partial charge on any atom is -0.496 e. The number of hydrogen-bond donors (Lipinski definition) is 1. The van der Waals surface area contributed by atoms with Gasteiger partial charge in [0.15, 0.2) is 5.78 Å². The van der Waals surface area contributed by atoms with Crippen molar-refractivity contribution >= 4 is 22.8 Å². The molecule has 2 aliphatic heterocycles. The van der Waals surface area contributed by atoms with Crippen LogP contribution in [0.15, 0.2) is 95.3 Å². The summed E-state index contributed by atoms with van der Waals surface area (Å²) < 4.78 is 11.1. The third-order valence-corrected chi connectivity index (χ3v) is 7.72. The summed E-state index contributed by atoms with van der Waals surface area (Å²) in [5.74, 6) is 1.47. The second-order valence-corrected chi connectivity index (χ2v) is 10.5. The number of aryl methyl sites for hydroxylation is 2. The predicted octanol–water partition coefficient (Wildman–Crippen LogP) is 7.80. The molecule has 2 aromatic rings. The molecule has 0 amide bonds. The fraction of sp³-hybridized carbons (Fsp3) is 0.314. The number of rotatable bonds is 9. The maximum Gasteiger partial charge on any atom is 0.185 e. The minimum atomic E-state index is 0.0428. The summed E-state index contributed by atoms with van der Waals surface area (Å²) in [6.07, 6.45) is 19.1.